The van der Waals surface area contributed by atoms with E-state index in [0.29, 0.717) is 6.42 Å². The largest absolute Gasteiger partial charge is 0.463 e. The van der Waals surface area contributed by atoms with Crippen molar-refractivity contribution in [1.29, 1.82) is 0 Å². The fraction of sp³-hybridized carbons (Fsp3) is 0.758. The summed E-state index contributed by atoms with van der Waals surface area (Å²) in [4.78, 5) is 57.9. The summed E-state index contributed by atoms with van der Waals surface area (Å²) in [6.07, 6.45) is 18.8. The summed E-state index contributed by atoms with van der Waals surface area (Å²) in [6, 6.07) is 0. The summed E-state index contributed by atoms with van der Waals surface area (Å²) >= 11 is 0. The molecule has 0 fully saturated rings. The monoisotopic (exact) mass is 665 g/mol. The van der Waals surface area contributed by atoms with Crippen LogP contribution >= 0.6 is 0 Å². The number of fused-ring (bicyclic) bond motifs is 1. The molecular formula is C33H55N5O9. The van der Waals surface area contributed by atoms with Gasteiger partial charge in [0, 0.05) is 6.42 Å². The van der Waals surface area contributed by atoms with Gasteiger partial charge in [-0.3, -0.25) is 28.7 Å². The SMILES string of the molecule is CCCCCCCCCCCCCCCCCC(=O)OCC(O)COC(=O)CCC(=O)OCCOCn1cnc2c(=O)[nH]c(N)nc21. The third-order valence-corrected chi connectivity index (χ3v) is 7.61. The van der Waals surface area contributed by atoms with Gasteiger partial charge in [0.25, 0.3) is 5.56 Å². The van der Waals surface area contributed by atoms with Gasteiger partial charge in [-0.25, -0.2) is 4.98 Å². The minimum Gasteiger partial charge on any atom is -0.463 e. The van der Waals surface area contributed by atoms with Gasteiger partial charge < -0.3 is 29.8 Å². The van der Waals surface area contributed by atoms with Crippen LogP contribution in [0.2, 0.25) is 0 Å². The number of nitrogens with zero attached hydrogens (tertiary/aromatic N) is 3. The number of nitrogens with one attached hydrogen (secondary N) is 1. The number of rotatable bonds is 28. The molecule has 0 bridgehead atoms. The predicted molar refractivity (Wildman–Crippen MR) is 176 cm³/mol. The molecular weight excluding hydrogens is 610 g/mol. The topological polar surface area (TPSA) is 198 Å². The van der Waals surface area contributed by atoms with E-state index in [9.17, 15) is 24.3 Å². The van der Waals surface area contributed by atoms with Crippen LogP contribution < -0.4 is 11.3 Å². The second-order valence-electron chi connectivity index (χ2n) is 11.8. The molecule has 4 N–H and O–H groups in total. The molecule has 0 aliphatic rings. The van der Waals surface area contributed by atoms with Crippen molar-refractivity contribution < 1.29 is 38.4 Å². The highest BCUT2D eigenvalue weighted by atomic mass is 16.6. The van der Waals surface area contributed by atoms with Crippen molar-refractivity contribution in [3.05, 3.63) is 16.7 Å². The number of aromatic amines is 1. The standard InChI is InChI=1S/C33H55N5O9/c1-2-3-4-5-6-7-8-9-10-11-12-13-14-15-16-17-27(40)46-22-26(39)23-47-29(42)19-18-28(41)45-21-20-44-25-38-24-35-30-31(38)36-33(34)37-32(30)43/h24,26,39H,2-23,25H2,1H3,(H3,34,36,37,43). The summed E-state index contributed by atoms with van der Waals surface area (Å²) in [6.45, 7) is 1.65. The van der Waals surface area contributed by atoms with E-state index < -0.39 is 23.6 Å². The van der Waals surface area contributed by atoms with Crippen LogP contribution in [0.15, 0.2) is 11.1 Å². The number of esters is 3. The van der Waals surface area contributed by atoms with Gasteiger partial charge >= 0.3 is 17.9 Å². The van der Waals surface area contributed by atoms with Gasteiger partial charge in [0.2, 0.25) is 5.95 Å². The van der Waals surface area contributed by atoms with Crippen molar-refractivity contribution >= 4 is 35.0 Å². The van der Waals surface area contributed by atoms with Gasteiger partial charge in [-0.05, 0) is 6.42 Å². The van der Waals surface area contributed by atoms with E-state index in [1.807, 2.05) is 0 Å². The number of anilines is 1. The van der Waals surface area contributed by atoms with Crippen LogP contribution in [0.1, 0.15) is 122 Å². The average molecular weight is 666 g/mol. The van der Waals surface area contributed by atoms with Gasteiger partial charge in [0.15, 0.2) is 11.2 Å². The maximum Gasteiger partial charge on any atom is 0.306 e. The highest BCUT2D eigenvalue weighted by molar-refractivity contribution is 5.77. The first-order valence-corrected chi connectivity index (χ1v) is 17.2. The predicted octanol–water partition coefficient (Wildman–Crippen LogP) is 4.71. The Bertz CT molecular complexity index is 1230. The summed E-state index contributed by atoms with van der Waals surface area (Å²) in [7, 11) is 0. The lowest BCUT2D eigenvalue weighted by Crippen LogP contribution is -2.25. The van der Waals surface area contributed by atoms with Gasteiger partial charge in [-0.2, -0.15) is 4.98 Å². The van der Waals surface area contributed by atoms with Crippen LogP contribution in [-0.2, 0) is 40.1 Å². The molecule has 0 saturated heterocycles. The number of hydrogen-bond donors (Lipinski definition) is 3. The number of aliphatic hydroxyl groups is 1. The molecule has 2 aromatic rings. The maximum atomic E-state index is 11.9. The second-order valence-corrected chi connectivity index (χ2v) is 11.8. The molecule has 0 amide bonds. The van der Waals surface area contributed by atoms with Crippen LogP contribution in [0.3, 0.4) is 0 Å². The first-order chi connectivity index (χ1) is 22.8. The molecule has 2 heterocycles. The molecule has 14 nitrogen and oxygen atoms in total. The summed E-state index contributed by atoms with van der Waals surface area (Å²) in [5, 5.41) is 9.96. The Kier molecular flexibility index (Phi) is 20.8. The molecule has 0 radical (unpaired) electrons. The number of carbonyl (C=O) groups excluding carboxylic acids is 3. The lowest BCUT2D eigenvalue weighted by Gasteiger charge is -2.12. The van der Waals surface area contributed by atoms with Gasteiger partial charge in [-0.15, -0.1) is 0 Å². The van der Waals surface area contributed by atoms with Gasteiger partial charge in [0.1, 0.15) is 32.7 Å². The number of ether oxygens (including phenoxy) is 4. The quantitative estimate of drug-likeness (QED) is 0.0644. The maximum absolute atomic E-state index is 11.9. The van der Waals surface area contributed by atoms with Crippen molar-refractivity contribution in [3.8, 4) is 0 Å². The first-order valence-electron chi connectivity index (χ1n) is 17.2. The molecule has 0 aliphatic heterocycles. The number of imidazole rings is 1. The van der Waals surface area contributed by atoms with Crippen LogP contribution in [0.5, 0.6) is 0 Å². The number of hydrogen-bond acceptors (Lipinski definition) is 12. The Labute approximate surface area is 277 Å². The third-order valence-electron chi connectivity index (χ3n) is 7.61. The third kappa shape index (κ3) is 18.4. The number of H-pyrrole nitrogens is 1. The lowest BCUT2D eigenvalue weighted by molar-refractivity contribution is -0.155. The first kappa shape index (κ1) is 39.7. The highest BCUT2D eigenvalue weighted by Gasteiger charge is 2.14. The lowest BCUT2D eigenvalue weighted by atomic mass is 10.0. The summed E-state index contributed by atoms with van der Waals surface area (Å²) in [5.41, 5.74) is 5.48. The molecule has 47 heavy (non-hydrogen) atoms. The van der Waals surface area contributed by atoms with E-state index in [4.69, 9.17) is 24.7 Å². The van der Waals surface area contributed by atoms with Crippen molar-refractivity contribution in [2.75, 3.05) is 32.2 Å². The van der Waals surface area contributed by atoms with E-state index in [1.54, 1.807) is 0 Å². The molecule has 1 unspecified atom stereocenters. The van der Waals surface area contributed by atoms with Gasteiger partial charge in [-0.1, -0.05) is 96.8 Å². The zero-order valence-electron chi connectivity index (χ0n) is 28.1. The van der Waals surface area contributed by atoms with Crippen LogP contribution in [0.25, 0.3) is 11.2 Å². The molecule has 2 rings (SSSR count). The highest BCUT2D eigenvalue weighted by Crippen LogP contribution is 2.14. The number of aliphatic hydroxyl groups excluding tert-OH is 1. The molecule has 2 aromatic heterocycles. The van der Waals surface area contributed by atoms with E-state index >= 15 is 0 Å². The minimum absolute atomic E-state index is 0.00736. The zero-order valence-corrected chi connectivity index (χ0v) is 28.1. The van der Waals surface area contributed by atoms with E-state index in [1.165, 1.54) is 87.9 Å². The Hall–Kier alpha value is -3.52. The molecule has 266 valence electrons. The molecule has 0 spiro atoms. The number of carbonyl (C=O) groups is 3. The smallest absolute Gasteiger partial charge is 0.306 e. The number of nitrogen functional groups attached to an aromatic ring is 1. The molecule has 14 heteroatoms. The molecule has 0 aromatic carbocycles. The number of unbranched alkanes of at least 4 members (excludes halogenated alkanes) is 14. The Morgan fingerprint density at radius 2 is 1.30 bits per heavy atom. The molecule has 0 saturated carbocycles. The van der Waals surface area contributed by atoms with Crippen molar-refractivity contribution in [1.82, 2.24) is 19.5 Å². The molecule has 0 aliphatic carbocycles. The van der Waals surface area contributed by atoms with Gasteiger partial charge in [0.05, 0.1) is 25.8 Å². The summed E-state index contributed by atoms with van der Waals surface area (Å²) < 4.78 is 21.9. The number of nitrogens with two attached hydrogens (primary N) is 1. The zero-order chi connectivity index (χ0) is 34.1. The van der Waals surface area contributed by atoms with E-state index in [0.717, 1.165) is 19.3 Å². The van der Waals surface area contributed by atoms with Crippen LogP contribution in [0.4, 0.5) is 5.95 Å². The van der Waals surface area contributed by atoms with Crippen molar-refractivity contribution in [2.24, 2.45) is 0 Å². The van der Waals surface area contributed by atoms with Crippen molar-refractivity contribution in [3.63, 3.8) is 0 Å². The minimum atomic E-state index is -1.15. The summed E-state index contributed by atoms with van der Waals surface area (Å²) in [5.74, 6) is -1.73. The van der Waals surface area contributed by atoms with Crippen molar-refractivity contribution in [2.45, 2.75) is 135 Å². The van der Waals surface area contributed by atoms with E-state index in [-0.39, 0.29) is 69.1 Å². The average Bonchev–Trinajstić information content (AvgIpc) is 3.46. The van der Waals surface area contributed by atoms with E-state index in [2.05, 4.69) is 21.9 Å². The van der Waals surface area contributed by atoms with Crippen LogP contribution in [0, 0.1) is 0 Å². The van der Waals surface area contributed by atoms with Crippen LogP contribution in [-0.4, -0.2) is 75.1 Å². The number of aromatic nitrogens is 4. The Balaban J connectivity index is 1.37. The Morgan fingerprint density at radius 1 is 0.787 bits per heavy atom. The normalized spacial score (nSPS) is 11.9. The Morgan fingerprint density at radius 3 is 1.87 bits per heavy atom. The molecule has 1 atom stereocenters. The fourth-order valence-corrected chi connectivity index (χ4v) is 4.93. The fourth-order valence-electron chi connectivity index (χ4n) is 4.93. The second kappa shape index (κ2) is 24.6.